The number of rotatable bonds is 17. The molecule has 4 heterocycles. The third-order valence-corrected chi connectivity index (χ3v) is 25.9. The van der Waals surface area contributed by atoms with Crippen molar-refractivity contribution in [2.24, 2.45) is 0 Å². The van der Waals surface area contributed by atoms with Crippen LogP contribution in [0.3, 0.4) is 0 Å². The van der Waals surface area contributed by atoms with E-state index in [9.17, 15) is 0 Å². The summed E-state index contributed by atoms with van der Waals surface area (Å²) in [5.74, 6) is 0. The average molecular weight is 1690 g/mol. The topological polar surface area (TPSA) is 42.6 Å². The molecule has 0 spiro atoms. The van der Waals surface area contributed by atoms with E-state index in [-0.39, 0.29) is 0 Å². The minimum Gasteiger partial charge on any atom is -0.456 e. The van der Waals surface area contributed by atoms with E-state index in [4.69, 9.17) is 8.83 Å². The monoisotopic (exact) mass is 1680 g/mol. The van der Waals surface area contributed by atoms with E-state index in [1.807, 2.05) is 18.2 Å². The first-order chi connectivity index (χ1) is 65.4. The Balaban J connectivity index is 0.000000146. The molecule has 0 saturated carbocycles. The van der Waals surface area contributed by atoms with Gasteiger partial charge in [0, 0.05) is 94.2 Å². The van der Waals surface area contributed by atoms with Crippen molar-refractivity contribution in [2.75, 3.05) is 9.80 Å². The van der Waals surface area contributed by atoms with Gasteiger partial charge >= 0.3 is 0 Å². The number of nitrogens with zero attached hydrogens (tertiary/aromatic N) is 4. The minimum absolute atomic E-state index is 0.889. The molecule has 0 radical (unpaired) electrons. The predicted octanol–water partition coefficient (Wildman–Crippen LogP) is 35.3. The van der Waals surface area contributed by atoms with Crippen LogP contribution in [0, 0.1) is 0 Å². The fourth-order valence-electron chi connectivity index (χ4n) is 19.6. The highest BCUT2D eigenvalue weighted by molar-refractivity contribution is 6.14. The Morgan fingerprint density at radius 3 is 0.886 bits per heavy atom. The summed E-state index contributed by atoms with van der Waals surface area (Å²) in [6, 6.07) is 183. The second-order valence-corrected chi connectivity index (χ2v) is 33.9. The first-order valence-electron chi connectivity index (χ1n) is 45.1. The van der Waals surface area contributed by atoms with Gasteiger partial charge in [0.15, 0.2) is 0 Å². The van der Waals surface area contributed by atoms with Crippen LogP contribution in [0.15, 0.2) is 518 Å². The molecule has 25 rings (SSSR count). The lowest BCUT2D eigenvalue weighted by Gasteiger charge is -2.26. The molecule has 0 saturated heterocycles. The molecule has 21 aromatic carbocycles. The lowest BCUT2D eigenvalue weighted by atomic mass is 9.91. The summed E-state index contributed by atoms with van der Waals surface area (Å²) in [5.41, 5.74) is 37.7. The zero-order valence-electron chi connectivity index (χ0n) is 72.1. The number of para-hydroxylation sites is 10. The van der Waals surface area contributed by atoms with Crippen molar-refractivity contribution < 1.29 is 8.83 Å². The van der Waals surface area contributed by atoms with Gasteiger partial charge in [-0.1, -0.05) is 315 Å². The second kappa shape index (κ2) is 33.6. The molecule has 0 atom stereocenters. The Morgan fingerprint density at radius 1 is 0.144 bits per heavy atom. The number of fused-ring (bicyclic) bond motifs is 12. The first-order valence-corrected chi connectivity index (χ1v) is 45.1. The maximum atomic E-state index is 6.68. The van der Waals surface area contributed by atoms with Crippen LogP contribution in [-0.4, -0.2) is 9.13 Å². The molecule has 620 valence electrons. The Hall–Kier alpha value is -17.6. The van der Waals surface area contributed by atoms with Crippen molar-refractivity contribution in [1.29, 1.82) is 0 Å². The Bertz CT molecular complexity index is 8610. The molecule has 0 aliphatic heterocycles. The van der Waals surface area contributed by atoms with Gasteiger partial charge in [-0.15, -0.1) is 0 Å². The highest BCUT2D eigenvalue weighted by Gasteiger charge is 2.23. The predicted molar refractivity (Wildman–Crippen MR) is 554 cm³/mol. The molecule has 0 unspecified atom stereocenters. The van der Waals surface area contributed by atoms with Gasteiger partial charge in [-0.3, -0.25) is 0 Å². The van der Waals surface area contributed by atoms with Gasteiger partial charge in [0.1, 0.15) is 22.3 Å². The van der Waals surface area contributed by atoms with Gasteiger partial charge in [0.25, 0.3) is 0 Å². The fraction of sp³-hybridized carbons (Fsp3) is 0. The van der Waals surface area contributed by atoms with E-state index in [1.54, 1.807) is 0 Å². The van der Waals surface area contributed by atoms with Gasteiger partial charge in [-0.05, 0) is 289 Å². The van der Waals surface area contributed by atoms with Crippen LogP contribution in [0.2, 0.25) is 0 Å². The molecule has 25 aromatic rings. The SMILES string of the molecule is c1ccc(-c2cccc(N(c3ccccc3)c3cccc(-c4cccc(-c5cc(-c6ccc7c8ccccc8n(-c8ccccc8)c7c6)cc(-c6cccc7c6oc6ccccc67)c5)c4)c3)c2)cc1.c1ccc(N(c2ccccc2)c2cccc(-c3cccc(-c4cc(-c5ccc6oc7ccccc7c6c5)cc(-c5ccc6c7ccccc7n(-c7ccccc7)c6c5)c4)c3)c2)cc1. The van der Waals surface area contributed by atoms with Gasteiger partial charge in [0.05, 0.1) is 22.1 Å². The van der Waals surface area contributed by atoms with E-state index in [0.717, 1.165) is 178 Å². The maximum absolute atomic E-state index is 6.68. The molecule has 132 heavy (non-hydrogen) atoms. The molecule has 6 heteroatoms. The first kappa shape index (κ1) is 77.9. The van der Waals surface area contributed by atoms with Crippen molar-refractivity contribution in [3.8, 4) is 112 Å². The summed E-state index contributed by atoms with van der Waals surface area (Å²) in [7, 11) is 0. The van der Waals surface area contributed by atoms with E-state index in [1.165, 1.54) is 54.7 Å². The largest absolute Gasteiger partial charge is 0.456 e. The molecule has 6 nitrogen and oxygen atoms in total. The highest BCUT2D eigenvalue weighted by Crippen LogP contribution is 2.47. The number of furan rings is 2. The summed E-state index contributed by atoms with van der Waals surface area (Å²) in [5, 5.41) is 9.42. The van der Waals surface area contributed by atoms with Crippen LogP contribution in [0.1, 0.15) is 0 Å². The highest BCUT2D eigenvalue weighted by atomic mass is 16.3. The second-order valence-electron chi connectivity index (χ2n) is 33.9. The van der Waals surface area contributed by atoms with Crippen molar-refractivity contribution in [3.63, 3.8) is 0 Å². The van der Waals surface area contributed by atoms with Gasteiger partial charge < -0.3 is 27.8 Å². The molecule has 0 fully saturated rings. The van der Waals surface area contributed by atoms with Crippen LogP contribution in [-0.2, 0) is 0 Å². The molecule has 0 aliphatic rings. The maximum Gasteiger partial charge on any atom is 0.143 e. The summed E-state index contributed by atoms with van der Waals surface area (Å²) < 4.78 is 17.7. The van der Waals surface area contributed by atoms with Crippen molar-refractivity contribution in [3.05, 3.63) is 510 Å². The third kappa shape index (κ3) is 14.6. The van der Waals surface area contributed by atoms with Crippen LogP contribution in [0.4, 0.5) is 34.1 Å². The van der Waals surface area contributed by atoms with Crippen LogP contribution in [0.5, 0.6) is 0 Å². The molecular weight excluding hydrogens is 1600 g/mol. The van der Waals surface area contributed by atoms with Crippen molar-refractivity contribution >= 4 is 122 Å². The van der Waals surface area contributed by atoms with E-state index in [2.05, 4.69) is 510 Å². The average Bonchev–Trinajstić information content (AvgIpc) is 1.59. The van der Waals surface area contributed by atoms with Crippen LogP contribution >= 0.6 is 0 Å². The zero-order valence-corrected chi connectivity index (χ0v) is 72.1. The lowest BCUT2D eigenvalue weighted by Crippen LogP contribution is -2.10. The number of hydrogen-bond acceptors (Lipinski definition) is 4. The quantitative estimate of drug-likeness (QED) is 0.0911. The number of benzene rings is 21. The number of aromatic nitrogens is 2. The smallest absolute Gasteiger partial charge is 0.143 e. The normalized spacial score (nSPS) is 11.5. The minimum atomic E-state index is 0.889. The number of hydrogen-bond donors (Lipinski definition) is 0. The molecule has 0 amide bonds. The molecule has 0 bridgehead atoms. The van der Waals surface area contributed by atoms with Gasteiger partial charge in [-0.25, -0.2) is 0 Å². The standard InChI is InChI=1S/C66H44N2O.C60H40N2O/c1-4-18-45(19-5-1)48-22-15-28-56(42-48)67(54-24-6-2-7-25-54)57-29-16-23-49(43-57)46-20-14-21-47(38-46)51-39-52(41-53(40-51)58-32-17-33-62-61-31-11-13-35-65(61)69-66(58)62)50-36-37-60-59-30-10-12-34-63(59)68(64(60)44-50)55-26-8-3-9-27-55;1-4-19-49(20-5-1)61(50-21-6-2-7-22-50)52-25-15-18-43(38-52)41-16-14-17-42(34-41)46-35-47(44-31-33-60-56(39-44)55-27-11-13-29-59(55)63-60)37-48(36-46)45-30-32-54-53-26-10-12-28-57(53)62(58(54)40-45)51-23-8-3-9-24-51/h1-44H;1-40H. The van der Waals surface area contributed by atoms with Crippen LogP contribution in [0.25, 0.3) is 199 Å². The van der Waals surface area contributed by atoms with Crippen molar-refractivity contribution in [1.82, 2.24) is 9.13 Å². The van der Waals surface area contributed by atoms with E-state index in [0.29, 0.717) is 0 Å². The Morgan fingerprint density at radius 2 is 0.424 bits per heavy atom. The number of anilines is 6. The fourth-order valence-corrected chi connectivity index (χ4v) is 19.6. The Labute approximate surface area is 765 Å². The Kier molecular flexibility index (Phi) is 19.9. The van der Waals surface area contributed by atoms with Crippen LogP contribution < -0.4 is 9.80 Å². The third-order valence-electron chi connectivity index (χ3n) is 25.9. The summed E-state index contributed by atoms with van der Waals surface area (Å²) in [4.78, 5) is 4.67. The summed E-state index contributed by atoms with van der Waals surface area (Å²) in [6.45, 7) is 0. The van der Waals surface area contributed by atoms with Crippen molar-refractivity contribution in [2.45, 2.75) is 0 Å². The van der Waals surface area contributed by atoms with Gasteiger partial charge in [-0.2, -0.15) is 0 Å². The van der Waals surface area contributed by atoms with Gasteiger partial charge in [0.2, 0.25) is 0 Å². The molecule has 0 N–H and O–H groups in total. The van der Waals surface area contributed by atoms with E-state index >= 15 is 0 Å². The van der Waals surface area contributed by atoms with E-state index < -0.39 is 0 Å². The zero-order chi connectivity index (χ0) is 87.4. The summed E-state index contributed by atoms with van der Waals surface area (Å²) in [6.07, 6.45) is 0. The molecular formula is C126H84N4O2. The lowest BCUT2D eigenvalue weighted by molar-refractivity contribution is 0.669. The molecule has 0 aliphatic carbocycles. The molecule has 4 aromatic heterocycles. The summed E-state index contributed by atoms with van der Waals surface area (Å²) >= 11 is 0.